The number of nitrogens with two attached hydrogens (primary N) is 1. The molecule has 2 rings (SSSR count). The van der Waals surface area contributed by atoms with Gasteiger partial charge in [0, 0.05) is 18.5 Å². The molecule has 0 saturated carbocycles. The van der Waals surface area contributed by atoms with Crippen molar-refractivity contribution in [2.24, 2.45) is 5.73 Å². The second-order valence-corrected chi connectivity index (χ2v) is 8.16. The molecule has 0 atom stereocenters. The average molecular weight is 367 g/mol. The molecule has 3 N–H and O–H groups in total. The minimum Gasteiger partial charge on any atom is -0.365 e. The zero-order valence-electron chi connectivity index (χ0n) is 13.4. The Morgan fingerprint density at radius 1 is 1.29 bits per heavy atom. The van der Waals surface area contributed by atoms with Gasteiger partial charge in [-0.05, 0) is 31.6 Å². The molecule has 0 bridgehead atoms. The van der Waals surface area contributed by atoms with Crippen molar-refractivity contribution in [3.8, 4) is 0 Å². The van der Waals surface area contributed by atoms with Crippen LogP contribution in [0.4, 0.5) is 0 Å². The Morgan fingerprint density at radius 2 is 2.00 bits per heavy atom. The first-order chi connectivity index (χ1) is 11.4. The summed E-state index contributed by atoms with van der Waals surface area (Å²) in [5, 5.41) is 1.42. The number of nitrogens with zero attached hydrogens (tertiary/aromatic N) is 1. The van der Waals surface area contributed by atoms with Crippen LogP contribution in [0.25, 0.3) is 0 Å². The second kappa shape index (κ2) is 8.39. The molecule has 8 heteroatoms. The first-order valence-corrected chi connectivity index (χ1v) is 9.85. The number of amides is 1. The van der Waals surface area contributed by atoms with Crippen LogP contribution in [-0.2, 0) is 16.6 Å². The smallest absolute Gasteiger partial charge is 0.258 e. The minimum absolute atomic E-state index is 0.0824. The molecule has 130 valence electrons. The molecule has 0 radical (unpaired) electrons. The van der Waals surface area contributed by atoms with E-state index in [-0.39, 0.29) is 9.77 Å². The number of carbonyl (C=O) groups excluding carboxylic acids is 1. The third-order valence-electron chi connectivity index (χ3n) is 3.43. The molecule has 0 fully saturated rings. The van der Waals surface area contributed by atoms with E-state index in [9.17, 15) is 13.2 Å². The number of carbonyl (C=O) groups is 1. The SMILES string of the molecule is CN(CCCNS(=O)(=O)c1csc(C(N)=O)c1)Cc1ccccc1. The van der Waals surface area contributed by atoms with E-state index in [1.807, 2.05) is 25.2 Å². The normalized spacial score (nSPS) is 11.8. The van der Waals surface area contributed by atoms with Crippen molar-refractivity contribution in [3.63, 3.8) is 0 Å². The van der Waals surface area contributed by atoms with E-state index in [1.165, 1.54) is 17.0 Å². The molecule has 0 aliphatic rings. The summed E-state index contributed by atoms with van der Waals surface area (Å²) in [4.78, 5) is 13.5. The Morgan fingerprint density at radius 3 is 2.62 bits per heavy atom. The lowest BCUT2D eigenvalue weighted by Gasteiger charge is -2.16. The first kappa shape index (κ1) is 18.6. The van der Waals surface area contributed by atoms with Gasteiger partial charge in [0.05, 0.1) is 9.77 Å². The maximum atomic E-state index is 12.1. The number of benzene rings is 1. The Labute approximate surface area is 146 Å². The number of hydrogen-bond acceptors (Lipinski definition) is 5. The van der Waals surface area contributed by atoms with E-state index in [1.54, 1.807) is 0 Å². The van der Waals surface area contributed by atoms with Crippen molar-refractivity contribution in [2.75, 3.05) is 20.1 Å². The van der Waals surface area contributed by atoms with Gasteiger partial charge in [0.15, 0.2) is 0 Å². The fourth-order valence-corrected chi connectivity index (χ4v) is 4.40. The molecule has 0 saturated heterocycles. The van der Waals surface area contributed by atoms with Crippen molar-refractivity contribution in [3.05, 3.63) is 52.2 Å². The molecule has 1 aromatic heterocycles. The molecular formula is C16H21N3O3S2. The highest BCUT2D eigenvalue weighted by Crippen LogP contribution is 2.18. The number of rotatable bonds is 9. The van der Waals surface area contributed by atoms with Crippen molar-refractivity contribution in [1.29, 1.82) is 0 Å². The maximum Gasteiger partial charge on any atom is 0.258 e. The molecule has 1 heterocycles. The van der Waals surface area contributed by atoms with Gasteiger partial charge in [-0.1, -0.05) is 30.3 Å². The van der Waals surface area contributed by atoms with Crippen LogP contribution in [0.2, 0.25) is 0 Å². The van der Waals surface area contributed by atoms with Crippen LogP contribution in [-0.4, -0.2) is 39.4 Å². The van der Waals surface area contributed by atoms with E-state index in [0.717, 1.165) is 24.4 Å². The van der Waals surface area contributed by atoms with E-state index in [4.69, 9.17) is 5.73 Å². The highest BCUT2D eigenvalue weighted by molar-refractivity contribution is 7.89. The van der Waals surface area contributed by atoms with Crippen LogP contribution in [0.3, 0.4) is 0 Å². The van der Waals surface area contributed by atoms with Gasteiger partial charge < -0.3 is 10.6 Å². The summed E-state index contributed by atoms with van der Waals surface area (Å²) in [6.07, 6.45) is 0.690. The molecule has 1 aromatic carbocycles. The van der Waals surface area contributed by atoms with Gasteiger partial charge in [-0.2, -0.15) is 0 Å². The summed E-state index contributed by atoms with van der Waals surface area (Å²) in [7, 11) is -1.60. The fraction of sp³-hybridized carbons (Fsp3) is 0.312. The van der Waals surface area contributed by atoms with Gasteiger partial charge in [0.25, 0.3) is 5.91 Å². The number of sulfonamides is 1. The Balaban J connectivity index is 1.77. The van der Waals surface area contributed by atoms with Crippen molar-refractivity contribution in [2.45, 2.75) is 17.9 Å². The average Bonchev–Trinajstić information content (AvgIpc) is 3.04. The molecule has 2 aromatic rings. The molecular weight excluding hydrogens is 346 g/mol. The standard InChI is InChI=1S/C16H21N3O3S2/c1-19(11-13-6-3-2-4-7-13)9-5-8-18-24(21,22)14-10-15(16(17)20)23-12-14/h2-4,6-7,10,12,18H,5,8-9,11H2,1H3,(H2,17,20). The minimum atomic E-state index is -3.60. The quantitative estimate of drug-likeness (QED) is 0.659. The van der Waals surface area contributed by atoms with Crippen LogP contribution in [0.15, 0.2) is 46.7 Å². The lowest BCUT2D eigenvalue weighted by molar-refractivity contribution is 0.100. The third kappa shape index (κ3) is 5.41. The number of nitrogens with one attached hydrogen (secondary N) is 1. The Bertz CT molecular complexity index is 773. The summed E-state index contributed by atoms with van der Waals surface area (Å²) in [5.74, 6) is -0.621. The van der Waals surface area contributed by atoms with Gasteiger partial charge in [-0.15, -0.1) is 11.3 Å². The van der Waals surface area contributed by atoms with E-state index in [0.29, 0.717) is 13.0 Å². The van der Waals surface area contributed by atoms with Gasteiger partial charge in [-0.3, -0.25) is 4.79 Å². The zero-order chi connectivity index (χ0) is 17.6. The zero-order valence-corrected chi connectivity index (χ0v) is 15.1. The van der Waals surface area contributed by atoms with Gasteiger partial charge >= 0.3 is 0 Å². The predicted molar refractivity (Wildman–Crippen MR) is 95.4 cm³/mol. The number of thiophene rings is 1. The summed E-state index contributed by atoms with van der Waals surface area (Å²) in [6.45, 7) is 1.93. The van der Waals surface area contributed by atoms with Crippen LogP contribution in [0, 0.1) is 0 Å². The van der Waals surface area contributed by atoms with Gasteiger partial charge in [0.2, 0.25) is 10.0 Å². The molecule has 24 heavy (non-hydrogen) atoms. The van der Waals surface area contributed by atoms with Crippen LogP contribution in [0.5, 0.6) is 0 Å². The second-order valence-electron chi connectivity index (χ2n) is 5.49. The summed E-state index contributed by atoms with van der Waals surface area (Å²) in [5.41, 5.74) is 6.36. The predicted octanol–water partition coefficient (Wildman–Crippen LogP) is 1.65. The van der Waals surface area contributed by atoms with Crippen molar-refractivity contribution >= 4 is 27.3 Å². The van der Waals surface area contributed by atoms with E-state index >= 15 is 0 Å². The Kier molecular flexibility index (Phi) is 6.50. The van der Waals surface area contributed by atoms with Crippen molar-refractivity contribution in [1.82, 2.24) is 9.62 Å². The van der Waals surface area contributed by atoms with Crippen LogP contribution >= 0.6 is 11.3 Å². The molecule has 0 aliphatic carbocycles. The lowest BCUT2D eigenvalue weighted by atomic mass is 10.2. The third-order valence-corrected chi connectivity index (χ3v) is 5.97. The van der Waals surface area contributed by atoms with Gasteiger partial charge in [-0.25, -0.2) is 13.1 Å². The maximum absolute atomic E-state index is 12.1. The summed E-state index contributed by atoms with van der Waals surface area (Å²) >= 11 is 1.03. The topological polar surface area (TPSA) is 92.5 Å². The van der Waals surface area contributed by atoms with Crippen LogP contribution < -0.4 is 10.5 Å². The lowest BCUT2D eigenvalue weighted by Crippen LogP contribution is -2.28. The monoisotopic (exact) mass is 367 g/mol. The molecule has 0 unspecified atom stereocenters. The van der Waals surface area contributed by atoms with E-state index in [2.05, 4.69) is 21.8 Å². The highest BCUT2D eigenvalue weighted by atomic mass is 32.2. The first-order valence-electron chi connectivity index (χ1n) is 7.49. The summed E-state index contributed by atoms with van der Waals surface area (Å²) < 4.78 is 26.8. The van der Waals surface area contributed by atoms with Crippen molar-refractivity contribution < 1.29 is 13.2 Å². The molecule has 0 aliphatic heterocycles. The number of hydrogen-bond donors (Lipinski definition) is 2. The largest absolute Gasteiger partial charge is 0.365 e. The molecule has 1 amide bonds. The molecule has 6 nitrogen and oxygen atoms in total. The number of primary amides is 1. The molecule has 0 spiro atoms. The Hall–Kier alpha value is -1.74. The van der Waals surface area contributed by atoms with E-state index < -0.39 is 15.9 Å². The highest BCUT2D eigenvalue weighted by Gasteiger charge is 2.17. The summed E-state index contributed by atoms with van der Waals surface area (Å²) in [6, 6.07) is 11.4. The van der Waals surface area contributed by atoms with Crippen LogP contribution in [0.1, 0.15) is 21.7 Å². The van der Waals surface area contributed by atoms with Gasteiger partial charge in [0.1, 0.15) is 0 Å². The fourth-order valence-electron chi connectivity index (χ4n) is 2.20.